The Balaban J connectivity index is 1.87. The van der Waals surface area contributed by atoms with Crippen LogP contribution in [0.4, 0.5) is 4.79 Å². The van der Waals surface area contributed by atoms with Crippen molar-refractivity contribution in [2.45, 2.75) is 25.9 Å². The van der Waals surface area contributed by atoms with E-state index in [1.54, 1.807) is 25.3 Å². The quantitative estimate of drug-likeness (QED) is 0.477. The van der Waals surface area contributed by atoms with Crippen LogP contribution in [0.15, 0.2) is 11.4 Å². The number of hydrazine groups is 1. The first-order valence-electron chi connectivity index (χ1n) is 7.54. The highest BCUT2D eigenvalue weighted by Gasteiger charge is 2.52. The number of carbonyl (C=O) groups excluding carboxylic acids is 3. The molecule has 2 bridgehead atoms. The van der Waals surface area contributed by atoms with Gasteiger partial charge >= 0.3 is 16.4 Å². The Morgan fingerprint density at radius 1 is 1.38 bits per heavy atom. The van der Waals surface area contributed by atoms with E-state index in [2.05, 4.69) is 15.1 Å². The van der Waals surface area contributed by atoms with Crippen molar-refractivity contribution in [2.24, 2.45) is 5.92 Å². The van der Waals surface area contributed by atoms with Crippen LogP contribution in [0.3, 0.4) is 0 Å². The fraction of sp³-hybridized carbons (Fsp3) is 0.462. The number of nitrogens with zero attached hydrogens (tertiary/aromatic N) is 2. The maximum atomic E-state index is 12.6. The second kappa shape index (κ2) is 6.50. The number of hydrogen-bond acceptors (Lipinski definition) is 7. The summed E-state index contributed by atoms with van der Waals surface area (Å²) in [6.07, 6.45) is 0. The first kappa shape index (κ1) is 18.6. The summed E-state index contributed by atoms with van der Waals surface area (Å²) in [5, 5.41) is 2.22. The molecular weight excluding hydrogens is 388 g/mol. The van der Waals surface area contributed by atoms with Crippen molar-refractivity contribution in [2.75, 3.05) is 6.54 Å². The molecule has 1 saturated heterocycles. The zero-order chi connectivity index (χ0) is 19.2. The van der Waals surface area contributed by atoms with Gasteiger partial charge in [0.15, 0.2) is 0 Å². The van der Waals surface area contributed by atoms with E-state index >= 15 is 0 Å². The molecule has 11 nitrogen and oxygen atoms in total. The molecule has 3 heterocycles. The fourth-order valence-electron chi connectivity index (χ4n) is 2.79. The number of rotatable bonds is 4. The van der Waals surface area contributed by atoms with Crippen LogP contribution in [0, 0.1) is 5.92 Å². The van der Waals surface area contributed by atoms with Crippen LogP contribution in [0.5, 0.6) is 0 Å². The van der Waals surface area contributed by atoms with Crippen molar-refractivity contribution >= 4 is 39.6 Å². The summed E-state index contributed by atoms with van der Waals surface area (Å²) in [7, 11) is -4.91. The summed E-state index contributed by atoms with van der Waals surface area (Å²) in [5.74, 6) is -1.40. The van der Waals surface area contributed by atoms with Crippen LogP contribution in [-0.2, 0) is 24.3 Å². The monoisotopic (exact) mass is 404 g/mol. The number of thiophene rings is 1. The molecule has 1 aromatic rings. The summed E-state index contributed by atoms with van der Waals surface area (Å²) < 4.78 is 35.3. The minimum Gasteiger partial charge on any atom is -0.303 e. The number of urea groups is 1. The van der Waals surface area contributed by atoms with Gasteiger partial charge in [0.05, 0.1) is 6.54 Å². The van der Waals surface area contributed by atoms with E-state index in [4.69, 9.17) is 4.55 Å². The van der Waals surface area contributed by atoms with E-state index in [-0.39, 0.29) is 12.5 Å². The Kier molecular flexibility index (Phi) is 4.64. The molecule has 3 rings (SSSR count). The minimum absolute atomic E-state index is 0.00565. The molecule has 4 amide bonds. The number of hydroxylamine groups is 2. The molecule has 1 fully saturated rings. The van der Waals surface area contributed by atoms with Crippen molar-refractivity contribution in [3.8, 4) is 0 Å². The minimum atomic E-state index is -4.91. The maximum absolute atomic E-state index is 12.6. The zero-order valence-electron chi connectivity index (χ0n) is 13.7. The molecule has 26 heavy (non-hydrogen) atoms. The van der Waals surface area contributed by atoms with Crippen molar-refractivity contribution in [3.05, 3.63) is 21.9 Å². The summed E-state index contributed by atoms with van der Waals surface area (Å²) in [6.45, 7) is 3.30. The summed E-state index contributed by atoms with van der Waals surface area (Å²) in [6, 6.07) is -1.07. The number of nitrogens with one attached hydrogen (secondary N) is 2. The van der Waals surface area contributed by atoms with Crippen LogP contribution in [0.1, 0.15) is 36.4 Å². The molecule has 2 unspecified atom stereocenters. The molecule has 13 heteroatoms. The normalized spacial score (nSPS) is 21.8. The summed E-state index contributed by atoms with van der Waals surface area (Å²) >= 11 is 1.21. The zero-order valence-corrected chi connectivity index (χ0v) is 15.3. The molecule has 0 spiro atoms. The molecule has 2 atom stereocenters. The predicted octanol–water partition coefficient (Wildman–Crippen LogP) is 0.119. The van der Waals surface area contributed by atoms with Gasteiger partial charge in [0.2, 0.25) is 5.91 Å². The van der Waals surface area contributed by atoms with Gasteiger partial charge in [-0.1, -0.05) is 13.8 Å². The van der Waals surface area contributed by atoms with Gasteiger partial charge in [0, 0.05) is 10.8 Å². The van der Waals surface area contributed by atoms with E-state index in [1.165, 1.54) is 11.3 Å². The van der Waals surface area contributed by atoms with Crippen LogP contribution < -0.4 is 10.9 Å². The highest BCUT2D eigenvalue weighted by Crippen LogP contribution is 2.46. The Morgan fingerprint density at radius 3 is 2.69 bits per heavy atom. The number of fused-ring (bicyclic) bond motifs is 4. The van der Waals surface area contributed by atoms with Gasteiger partial charge in [-0.3, -0.25) is 25.0 Å². The van der Waals surface area contributed by atoms with Gasteiger partial charge < -0.3 is 4.90 Å². The molecule has 2 aliphatic rings. The lowest BCUT2D eigenvalue weighted by Crippen LogP contribution is -2.50. The van der Waals surface area contributed by atoms with E-state index in [0.29, 0.717) is 15.5 Å². The molecule has 142 valence electrons. The molecule has 0 aliphatic carbocycles. The summed E-state index contributed by atoms with van der Waals surface area (Å²) in [5.41, 5.74) is 5.09. The molecule has 2 aliphatic heterocycles. The summed E-state index contributed by atoms with van der Waals surface area (Å²) in [4.78, 5) is 38.3. The number of hydrogen-bond donors (Lipinski definition) is 3. The van der Waals surface area contributed by atoms with Crippen molar-refractivity contribution in [1.29, 1.82) is 0 Å². The first-order valence-corrected chi connectivity index (χ1v) is 9.78. The third kappa shape index (κ3) is 3.25. The molecule has 0 saturated carbocycles. The maximum Gasteiger partial charge on any atom is 0.418 e. The van der Waals surface area contributed by atoms with Gasteiger partial charge in [-0.2, -0.15) is 13.5 Å². The molecule has 1 aromatic heterocycles. The smallest absolute Gasteiger partial charge is 0.303 e. The van der Waals surface area contributed by atoms with E-state index < -0.39 is 40.3 Å². The van der Waals surface area contributed by atoms with Crippen molar-refractivity contribution < 1.29 is 31.6 Å². The first-order chi connectivity index (χ1) is 12.1. The van der Waals surface area contributed by atoms with Crippen LogP contribution in [0.2, 0.25) is 0 Å². The van der Waals surface area contributed by atoms with Crippen molar-refractivity contribution in [1.82, 2.24) is 20.8 Å². The second-order valence-corrected chi connectivity index (χ2v) is 8.01. The SMILES string of the molecule is CC(C)C(=O)NNC(=O)C1c2sccc2C2CN1C(=O)N2OS(=O)(=O)O. The predicted molar refractivity (Wildman–Crippen MR) is 87.5 cm³/mol. The van der Waals surface area contributed by atoms with Crippen LogP contribution in [-0.4, -0.2) is 47.3 Å². The highest BCUT2D eigenvalue weighted by molar-refractivity contribution is 7.80. The Morgan fingerprint density at radius 2 is 2.08 bits per heavy atom. The van der Waals surface area contributed by atoms with Crippen molar-refractivity contribution in [3.63, 3.8) is 0 Å². The average Bonchev–Trinajstić information content (AvgIpc) is 3.12. The Labute approximate surface area is 152 Å². The molecule has 0 radical (unpaired) electrons. The lowest BCUT2D eigenvalue weighted by Gasteiger charge is -2.29. The van der Waals surface area contributed by atoms with Gasteiger partial charge in [-0.15, -0.1) is 15.6 Å². The molecular formula is C13H16N4O7S2. The number of carbonyl (C=O) groups is 3. The average molecular weight is 404 g/mol. The standard InChI is InChI=1S/C13H16N4O7S2/c1-6(2)11(18)14-15-12(19)9-10-7(3-4-25-10)8-5-16(9)13(20)17(8)24-26(21,22)23/h3-4,6,8-9H,5H2,1-2H3,(H,14,18)(H,15,19)(H,21,22,23). The highest BCUT2D eigenvalue weighted by atomic mass is 32.3. The van der Waals surface area contributed by atoms with Gasteiger partial charge in [0.1, 0.15) is 12.1 Å². The van der Waals surface area contributed by atoms with Gasteiger partial charge in [0.25, 0.3) is 5.91 Å². The topological polar surface area (TPSA) is 145 Å². The Bertz CT molecular complexity index is 866. The van der Waals surface area contributed by atoms with Crippen LogP contribution >= 0.6 is 11.3 Å². The third-order valence-electron chi connectivity index (χ3n) is 3.99. The second-order valence-electron chi connectivity index (χ2n) is 6.05. The molecule has 3 N–H and O–H groups in total. The Hall–Kier alpha value is -2.22. The van der Waals surface area contributed by atoms with Gasteiger partial charge in [-0.05, 0) is 17.0 Å². The van der Waals surface area contributed by atoms with E-state index in [1.807, 2.05) is 0 Å². The largest absolute Gasteiger partial charge is 0.418 e. The fourth-order valence-corrected chi connectivity index (χ4v) is 4.23. The third-order valence-corrected chi connectivity index (χ3v) is 5.32. The van der Waals surface area contributed by atoms with E-state index in [0.717, 1.165) is 4.90 Å². The lowest BCUT2D eigenvalue weighted by atomic mass is 9.99. The lowest BCUT2D eigenvalue weighted by molar-refractivity contribution is -0.132. The van der Waals surface area contributed by atoms with Crippen LogP contribution in [0.25, 0.3) is 0 Å². The van der Waals surface area contributed by atoms with Gasteiger partial charge in [-0.25, -0.2) is 4.79 Å². The van der Waals surface area contributed by atoms with E-state index in [9.17, 15) is 22.8 Å². The number of amides is 4. The molecule has 0 aromatic carbocycles.